The van der Waals surface area contributed by atoms with Crippen molar-refractivity contribution in [1.29, 1.82) is 0 Å². The lowest BCUT2D eigenvalue weighted by Gasteiger charge is -2.22. The van der Waals surface area contributed by atoms with Gasteiger partial charge in [0.2, 0.25) is 15.9 Å². The maximum atomic E-state index is 12.9. The summed E-state index contributed by atoms with van der Waals surface area (Å²) in [4.78, 5) is 13.4. The number of hydrogen-bond acceptors (Lipinski definition) is 3. The summed E-state index contributed by atoms with van der Waals surface area (Å²) in [7, 11) is -3.75. The second kappa shape index (κ2) is 8.42. The van der Waals surface area contributed by atoms with Gasteiger partial charge < -0.3 is 4.90 Å². The second-order valence-corrected chi connectivity index (χ2v) is 8.04. The Morgan fingerprint density at radius 1 is 1.08 bits per heavy atom. The van der Waals surface area contributed by atoms with Gasteiger partial charge in [-0.25, -0.2) is 17.5 Å². The van der Waals surface area contributed by atoms with Crippen molar-refractivity contribution in [2.75, 3.05) is 18.0 Å². The normalized spacial score (nSPS) is 11.6. The summed E-state index contributed by atoms with van der Waals surface area (Å²) in [6.45, 7) is 5.84. The van der Waals surface area contributed by atoms with Crippen LogP contribution in [0.5, 0.6) is 0 Å². The molecule has 2 aromatic rings. The van der Waals surface area contributed by atoms with Crippen LogP contribution in [0.15, 0.2) is 53.4 Å². The summed E-state index contributed by atoms with van der Waals surface area (Å²) in [6.07, 6.45) is 0. The number of benzene rings is 2. The lowest BCUT2D eigenvalue weighted by atomic mass is 10.0. The lowest BCUT2D eigenvalue weighted by molar-refractivity contribution is -0.116. The molecule has 7 heteroatoms. The van der Waals surface area contributed by atoms with E-state index in [1.165, 1.54) is 24.0 Å². The summed E-state index contributed by atoms with van der Waals surface area (Å²) in [6, 6.07) is 12.2. The minimum atomic E-state index is -3.75. The van der Waals surface area contributed by atoms with Crippen LogP contribution in [-0.4, -0.2) is 27.4 Å². The van der Waals surface area contributed by atoms with E-state index in [1.807, 2.05) is 24.3 Å². The van der Waals surface area contributed by atoms with Crippen LogP contribution >= 0.6 is 0 Å². The Bertz CT molecular complexity index is 847. The maximum absolute atomic E-state index is 12.9. The number of rotatable bonds is 7. The quantitative estimate of drug-likeness (QED) is 0.804. The molecule has 5 nitrogen and oxygen atoms in total. The molecule has 0 atom stereocenters. The van der Waals surface area contributed by atoms with Crippen molar-refractivity contribution >= 4 is 21.6 Å². The first kappa shape index (κ1) is 20.1. The van der Waals surface area contributed by atoms with E-state index >= 15 is 0 Å². The Morgan fingerprint density at radius 2 is 1.65 bits per heavy atom. The molecule has 0 unspecified atom stereocenters. The van der Waals surface area contributed by atoms with Crippen LogP contribution in [0.1, 0.15) is 32.3 Å². The molecule has 26 heavy (non-hydrogen) atoms. The zero-order chi connectivity index (χ0) is 19.3. The van der Waals surface area contributed by atoms with Crippen molar-refractivity contribution in [2.45, 2.75) is 31.6 Å². The Hall–Kier alpha value is -2.25. The number of hydrogen-bond donors (Lipinski definition) is 1. The number of carbonyl (C=O) groups excluding carboxylic acids is 1. The van der Waals surface area contributed by atoms with Crippen LogP contribution in [0.25, 0.3) is 0 Å². The van der Waals surface area contributed by atoms with Gasteiger partial charge in [-0.15, -0.1) is 0 Å². The van der Waals surface area contributed by atoms with Crippen molar-refractivity contribution in [3.8, 4) is 0 Å². The van der Waals surface area contributed by atoms with Crippen LogP contribution in [0.2, 0.25) is 0 Å². The fourth-order valence-electron chi connectivity index (χ4n) is 2.50. The van der Waals surface area contributed by atoms with E-state index in [0.717, 1.165) is 17.7 Å². The average Bonchev–Trinajstić information content (AvgIpc) is 2.59. The molecule has 2 rings (SSSR count). The lowest BCUT2D eigenvalue weighted by Crippen LogP contribution is -2.37. The van der Waals surface area contributed by atoms with Crippen LogP contribution in [0.4, 0.5) is 10.1 Å². The molecule has 0 aliphatic rings. The molecular formula is C19H23FN2O3S. The van der Waals surface area contributed by atoms with Gasteiger partial charge in [-0.3, -0.25) is 4.79 Å². The third-order valence-electron chi connectivity index (χ3n) is 4.00. The average molecular weight is 378 g/mol. The monoisotopic (exact) mass is 378 g/mol. The molecule has 0 heterocycles. The van der Waals surface area contributed by atoms with Gasteiger partial charge in [-0.05, 0) is 47.9 Å². The van der Waals surface area contributed by atoms with Crippen molar-refractivity contribution in [3.05, 3.63) is 59.9 Å². The molecule has 0 bridgehead atoms. The van der Waals surface area contributed by atoms with Gasteiger partial charge in [0.05, 0.1) is 4.90 Å². The first-order valence-electron chi connectivity index (χ1n) is 8.34. The molecule has 0 saturated heterocycles. The Labute approximate surface area is 153 Å². The Balaban J connectivity index is 2.04. The highest BCUT2D eigenvalue weighted by Crippen LogP contribution is 2.20. The van der Waals surface area contributed by atoms with Gasteiger partial charge in [0, 0.05) is 25.7 Å². The fourth-order valence-corrected chi connectivity index (χ4v) is 3.52. The fraction of sp³-hybridized carbons (Fsp3) is 0.316. The molecule has 1 amide bonds. The SMILES string of the molecule is CC(=O)N(CCNS(=O)(=O)c1ccc(F)cc1)c1ccc(C(C)C)cc1. The molecule has 0 aliphatic heterocycles. The number of carbonyl (C=O) groups is 1. The van der Waals surface area contributed by atoms with Crippen molar-refractivity contribution in [3.63, 3.8) is 0 Å². The number of amides is 1. The van der Waals surface area contributed by atoms with E-state index in [0.29, 0.717) is 11.6 Å². The number of sulfonamides is 1. The third kappa shape index (κ3) is 5.12. The number of anilines is 1. The third-order valence-corrected chi connectivity index (χ3v) is 5.48. The van der Waals surface area contributed by atoms with Crippen molar-refractivity contribution in [2.24, 2.45) is 0 Å². The molecule has 0 aromatic heterocycles. The highest BCUT2D eigenvalue weighted by atomic mass is 32.2. The van der Waals surface area contributed by atoms with E-state index in [1.54, 1.807) is 0 Å². The van der Waals surface area contributed by atoms with E-state index in [-0.39, 0.29) is 23.9 Å². The summed E-state index contributed by atoms with van der Waals surface area (Å²) in [5, 5.41) is 0. The van der Waals surface area contributed by atoms with Crippen LogP contribution in [0, 0.1) is 5.82 Å². The minimum absolute atomic E-state index is 0.0189. The molecule has 1 N–H and O–H groups in total. The molecule has 0 radical (unpaired) electrons. The summed E-state index contributed by atoms with van der Waals surface area (Å²) < 4.78 is 39.8. The molecular weight excluding hydrogens is 355 g/mol. The Morgan fingerprint density at radius 3 is 2.15 bits per heavy atom. The molecule has 140 valence electrons. The van der Waals surface area contributed by atoms with E-state index in [9.17, 15) is 17.6 Å². The summed E-state index contributed by atoms with van der Waals surface area (Å²) >= 11 is 0. The summed E-state index contributed by atoms with van der Waals surface area (Å²) in [5.74, 6) is -0.294. The van der Waals surface area contributed by atoms with Gasteiger partial charge in [-0.2, -0.15) is 0 Å². The van der Waals surface area contributed by atoms with E-state index in [2.05, 4.69) is 18.6 Å². The van der Waals surface area contributed by atoms with Gasteiger partial charge in [0.25, 0.3) is 0 Å². The first-order chi connectivity index (χ1) is 12.2. The molecule has 0 saturated carbocycles. The van der Waals surface area contributed by atoms with Crippen LogP contribution in [0.3, 0.4) is 0 Å². The number of nitrogens with zero attached hydrogens (tertiary/aromatic N) is 1. The zero-order valence-corrected chi connectivity index (χ0v) is 15.9. The van der Waals surface area contributed by atoms with Gasteiger partial charge in [0.1, 0.15) is 5.82 Å². The second-order valence-electron chi connectivity index (χ2n) is 6.27. The largest absolute Gasteiger partial charge is 0.311 e. The standard InChI is InChI=1S/C19H23FN2O3S/c1-14(2)16-4-8-18(9-5-16)22(15(3)23)13-12-21-26(24,25)19-10-6-17(20)7-11-19/h4-11,14,21H,12-13H2,1-3H3. The van der Waals surface area contributed by atoms with Gasteiger partial charge in [0.15, 0.2) is 0 Å². The van der Waals surface area contributed by atoms with E-state index in [4.69, 9.17) is 0 Å². The van der Waals surface area contributed by atoms with E-state index < -0.39 is 15.8 Å². The molecule has 0 spiro atoms. The molecule has 2 aromatic carbocycles. The Kier molecular flexibility index (Phi) is 6.50. The van der Waals surface area contributed by atoms with Crippen molar-refractivity contribution in [1.82, 2.24) is 4.72 Å². The number of halogens is 1. The van der Waals surface area contributed by atoms with Gasteiger partial charge in [-0.1, -0.05) is 26.0 Å². The maximum Gasteiger partial charge on any atom is 0.240 e. The smallest absolute Gasteiger partial charge is 0.240 e. The van der Waals surface area contributed by atoms with Crippen LogP contribution in [-0.2, 0) is 14.8 Å². The number of nitrogens with one attached hydrogen (secondary N) is 1. The van der Waals surface area contributed by atoms with Gasteiger partial charge >= 0.3 is 0 Å². The summed E-state index contributed by atoms with van der Waals surface area (Å²) in [5.41, 5.74) is 1.87. The molecule has 0 aliphatic carbocycles. The zero-order valence-electron chi connectivity index (χ0n) is 15.1. The van der Waals surface area contributed by atoms with Crippen LogP contribution < -0.4 is 9.62 Å². The predicted octanol–water partition coefficient (Wildman–Crippen LogP) is 3.28. The molecule has 0 fully saturated rings. The topological polar surface area (TPSA) is 66.5 Å². The highest BCUT2D eigenvalue weighted by molar-refractivity contribution is 7.89. The minimum Gasteiger partial charge on any atom is -0.311 e. The first-order valence-corrected chi connectivity index (χ1v) is 9.82. The van der Waals surface area contributed by atoms with Crippen molar-refractivity contribution < 1.29 is 17.6 Å². The predicted molar refractivity (Wildman–Crippen MR) is 100 cm³/mol. The highest BCUT2D eigenvalue weighted by Gasteiger charge is 2.16.